The summed E-state index contributed by atoms with van der Waals surface area (Å²) >= 11 is 11.0. The summed E-state index contributed by atoms with van der Waals surface area (Å²) in [5.41, 5.74) is 1.26. The number of sulfonamides is 1. The van der Waals surface area contributed by atoms with Crippen LogP contribution < -0.4 is 24.8 Å². The van der Waals surface area contributed by atoms with Crippen molar-refractivity contribution < 1.29 is 17.9 Å². The predicted octanol–water partition coefficient (Wildman–Crippen LogP) is 3.76. The van der Waals surface area contributed by atoms with Crippen LogP contribution in [0.4, 0.5) is 17.2 Å². The maximum absolute atomic E-state index is 12.5. The number of thiocarbonyl (C=S) groups is 1. The number of nitrogens with zero attached hydrogens (tertiary/aromatic N) is 2. The third kappa shape index (κ3) is 6.17. The first-order chi connectivity index (χ1) is 14.8. The van der Waals surface area contributed by atoms with Gasteiger partial charge in [-0.05, 0) is 48.6 Å². The Hall–Kier alpha value is -3.15. The van der Waals surface area contributed by atoms with Gasteiger partial charge < -0.3 is 20.1 Å². The second-order valence-corrected chi connectivity index (χ2v) is 8.53. The Labute approximate surface area is 189 Å². The van der Waals surface area contributed by atoms with Crippen molar-refractivity contribution in [2.75, 3.05) is 29.6 Å². The largest absolute Gasteiger partial charge is 0.497 e. The van der Waals surface area contributed by atoms with Gasteiger partial charge in [0.2, 0.25) is 0 Å². The molecule has 3 rings (SSSR count). The van der Waals surface area contributed by atoms with E-state index in [1.807, 2.05) is 0 Å². The molecule has 1 heterocycles. The first-order valence-electron chi connectivity index (χ1n) is 8.72. The van der Waals surface area contributed by atoms with Crippen LogP contribution in [0.15, 0.2) is 59.5 Å². The summed E-state index contributed by atoms with van der Waals surface area (Å²) in [5, 5.41) is 13.8. The van der Waals surface area contributed by atoms with Crippen LogP contribution in [-0.2, 0) is 10.0 Å². The highest BCUT2D eigenvalue weighted by Gasteiger charge is 2.15. The second-order valence-electron chi connectivity index (χ2n) is 6.05. The molecule has 12 heteroatoms. The van der Waals surface area contributed by atoms with Gasteiger partial charge >= 0.3 is 0 Å². The average Bonchev–Trinajstić information content (AvgIpc) is 2.75. The Bertz CT molecular complexity index is 1150. The van der Waals surface area contributed by atoms with Crippen LogP contribution in [0.3, 0.4) is 0 Å². The molecule has 0 bridgehead atoms. The molecule has 1 aromatic heterocycles. The third-order valence-corrected chi connectivity index (χ3v) is 5.68. The number of rotatable bonds is 7. The van der Waals surface area contributed by atoms with Crippen LogP contribution in [0.5, 0.6) is 11.5 Å². The standard InChI is InChI=1S/C19H18ClN5O4S2/c1-28-14-9-13(10-15(11-14)29-2)22-19(30)21-12-3-5-16(6-4-12)31(26,27)25-18-8-7-17(20)23-24-18/h3-11H,1-2H3,(H,24,25)(H2,21,22,30). The molecule has 0 aliphatic carbocycles. The molecule has 0 saturated carbocycles. The maximum atomic E-state index is 12.5. The number of halogens is 1. The van der Waals surface area contributed by atoms with Crippen LogP contribution in [0.25, 0.3) is 0 Å². The molecular formula is C19H18ClN5O4S2. The molecule has 0 fully saturated rings. The Morgan fingerprint density at radius 2 is 1.52 bits per heavy atom. The van der Waals surface area contributed by atoms with Gasteiger partial charge in [0.25, 0.3) is 10.0 Å². The van der Waals surface area contributed by atoms with Crippen LogP contribution in [0, 0.1) is 0 Å². The van der Waals surface area contributed by atoms with Crippen molar-refractivity contribution >= 4 is 56.1 Å². The van der Waals surface area contributed by atoms with Gasteiger partial charge in [-0.3, -0.25) is 4.72 Å². The highest BCUT2D eigenvalue weighted by molar-refractivity contribution is 7.92. The van der Waals surface area contributed by atoms with Gasteiger partial charge in [0.05, 0.1) is 19.1 Å². The van der Waals surface area contributed by atoms with Gasteiger partial charge in [0.1, 0.15) is 11.5 Å². The molecule has 31 heavy (non-hydrogen) atoms. The molecule has 0 aliphatic heterocycles. The molecule has 162 valence electrons. The van der Waals surface area contributed by atoms with Gasteiger partial charge in [0, 0.05) is 29.6 Å². The van der Waals surface area contributed by atoms with Gasteiger partial charge in [0.15, 0.2) is 16.1 Å². The number of methoxy groups -OCH3 is 2. The Morgan fingerprint density at radius 1 is 0.903 bits per heavy atom. The molecule has 0 saturated heterocycles. The normalized spacial score (nSPS) is 10.8. The van der Waals surface area contributed by atoms with E-state index in [1.165, 1.54) is 24.3 Å². The molecular weight excluding hydrogens is 462 g/mol. The highest BCUT2D eigenvalue weighted by Crippen LogP contribution is 2.26. The average molecular weight is 480 g/mol. The highest BCUT2D eigenvalue weighted by atomic mass is 35.5. The third-order valence-electron chi connectivity index (χ3n) is 3.90. The fourth-order valence-electron chi connectivity index (χ4n) is 2.46. The molecule has 0 unspecified atom stereocenters. The summed E-state index contributed by atoms with van der Waals surface area (Å²) in [7, 11) is -0.726. The van der Waals surface area contributed by atoms with Crippen LogP contribution in [-0.4, -0.2) is 37.9 Å². The zero-order chi connectivity index (χ0) is 22.4. The van der Waals surface area contributed by atoms with Gasteiger partial charge in [-0.15, -0.1) is 10.2 Å². The lowest BCUT2D eigenvalue weighted by Gasteiger charge is -2.13. The van der Waals surface area contributed by atoms with E-state index in [-0.39, 0.29) is 15.9 Å². The zero-order valence-electron chi connectivity index (χ0n) is 16.4. The number of hydrogen-bond donors (Lipinski definition) is 3. The van der Waals surface area contributed by atoms with E-state index < -0.39 is 10.0 Å². The van der Waals surface area contributed by atoms with Crippen molar-refractivity contribution in [3.63, 3.8) is 0 Å². The Balaban J connectivity index is 1.66. The molecule has 0 amide bonds. The lowest BCUT2D eigenvalue weighted by atomic mass is 10.3. The molecule has 0 radical (unpaired) electrons. The Morgan fingerprint density at radius 3 is 2.06 bits per heavy atom. The van der Waals surface area contributed by atoms with E-state index >= 15 is 0 Å². The smallest absolute Gasteiger partial charge is 0.263 e. The molecule has 0 spiro atoms. The monoisotopic (exact) mass is 479 g/mol. The summed E-state index contributed by atoms with van der Waals surface area (Å²) in [6.07, 6.45) is 0. The molecule has 0 atom stereocenters. The number of nitrogens with one attached hydrogen (secondary N) is 3. The summed E-state index contributed by atoms with van der Waals surface area (Å²) < 4.78 is 37.8. The van der Waals surface area contributed by atoms with Gasteiger partial charge in [-0.2, -0.15) is 0 Å². The van der Waals surface area contributed by atoms with E-state index in [4.69, 9.17) is 33.3 Å². The van der Waals surface area contributed by atoms with Crippen molar-refractivity contribution in [3.8, 4) is 11.5 Å². The van der Waals surface area contributed by atoms with E-state index in [9.17, 15) is 8.42 Å². The van der Waals surface area contributed by atoms with E-state index in [1.54, 1.807) is 44.6 Å². The fraction of sp³-hybridized carbons (Fsp3) is 0.105. The van der Waals surface area contributed by atoms with Crippen molar-refractivity contribution in [1.82, 2.24) is 10.2 Å². The number of ether oxygens (including phenoxy) is 2. The van der Waals surface area contributed by atoms with Crippen molar-refractivity contribution in [2.24, 2.45) is 0 Å². The summed E-state index contributed by atoms with van der Waals surface area (Å²) in [6.45, 7) is 0. The quantitative estimate of drug-likeness (QED) is 0.435. The molecule has 2 aromatic carbocycles. The summed E-state index contributed by atoms with van der Waals surface area (Å²) in [6, 6.07) is 14.2. The maximum Gasteiger partial charge on any atom is 0.263 e. The molecule has 9 nitrogen and oxygen atoms in total. The predicted molar refractivity (Wildman–Crippen MR) is 124 cm³/mol. The van der Waals surface area contributed by atoms with Crippen molar-refractivity contribution in [1.29, 1.82) is 0 Å². The zero-order valence-corrected chi connectivity index (χ0v) is 18.8. The first-order valence-corrected chi connectivity index (χ1v) is 11.0. The van der Waals surface area contributed by atoms with Crippen LogP contribution >= 0.6 is 23.8 Å². The number of aromatic nitrogens is 2. The molecule has 0 aliphatic rings. The SMILES string of the molecule is COc1cc(NC(=S)Nc2ccc(S(=O)(=O)Nc3ccc(Cl)nn3)cc2)cc(OC)c1. The number of anilines is 3. The molecule has 3 aromatic rings. The summed E-state index contributed by atoms with van der Waals surface area (Å²) in [4.78, 5) is 0.0474. The van der Waals surface area contributed by atoms with Crippen molar-refractivity contribution in [3.05, 3.63) is 59.8 Å². The number of benzene rings is 2. The van der Waals surface area contributed by atoms with E-state index in [2.05, 4.69) is 25.6 Å². The number of hydrogen-bond acceptors (Lipinski definition) is 7. The minimum atomic E-state index is -3.83. The lowest BCUT2D eigenvalue weighted by Crippen LogP contribution is -2.19. The van der Waals surface area contributed by atoms with E-state index in [0.717, 1.165) is 0 Å². The van der Waals surface area contributed by atoms with Crippen LogP contribution in [0.1, 0.15) is 0 Å². The molecule has 3 N–H and O–H groups in total. The topological polar surface area (TPSA) is 114 Å². The van der Waals surface area contributed by atoms with Gasteiger partial charge in [-0.25, -0.2) is 8.42 Å². The van der Waals surface area contributed by atoms with E-state index in [0.29, 0.717) is 28.0 Å². The van der Waals surface area contributed by atoms with Gasteiger partial charge in [-0.1, -0.05) is 11.6 Å². The minimum Gasteiger partial charge on any atom is -0.497 e. The van der Waals surface area contributed by atoms with Crippen LogP contribution in [0.2, 0.25) is 5.15 Å². The second kappa shape index (κ2) is 9.77. The lowest BCUT2D eigenvalue weighted by molar-refractivity contribution is 0.395. The summed E-state index contributed by atoms with van der Waals surface area (Å²) in [5.74, 6) is 1.28. The Kier molecular flexibility index (Phi) is 7.10. The fourth-order valence-corrected chi connectivity index (χ4v) is 3.79. The first kappa shape index (κ1) is 22.5. The minimum absolute atomic E-state index is 0.0474. The van der Waals surface area contributed by atoms with Crippen molar-refractivity contribution in [2.45, 2.75) is 4.90 Å².